The molecule has 0 bridgehead atoms. The summed E-state index contributed by atoms with van der Waals surface area (Å²) in [4.78, 5) is 20.3. The van der Waals surface area contributed by atoms with Gasteiger partial charge in [0.2, 0.25) is 0 Å². The van der Waals surface area contributed by atoms with E-state index in [9.17, 15) is 0 Å². The zero-order chi connectivity index (χ0) is 44.0. The van der Waals surface area contributed by atoms with E-state index in [2.05, 4.69) is 104 Å². The Morgan fingerprint density at radius 3 is 1.02 bits per heavy atom. The van der Waals surface area contributed by atoms with Gasteiger partial charge >= 0.3 is 0 Å². The van der Waals surface area contributed by atoms with E-state index in [1.165, 1.54) is 22.3 Å². The maximum Gasteiger partial charge on any atom is 0.284 e. The van der Waals surface area contributed by atoms with Gasteiger partial charge in [0.1, 0.15) is 0 Å². The summed E-state index contributed by atoms with van der Waals surface area (Å²) < 4.78 is 27.3. The number of hydrogen-bond donors (Lipinski definition) is 0. The largest absolute Gasteiger partial charge is 0.431 e. The summed E-state index contributed by atoms with van der Waals surface area (Å²) in [6, 6.07) is 37.1. The number of benzene rings is 6. The van der Waals surface area contributed by atoms with E-state index in [0.717, 1.165) is 69.0 Å². The third-order valence-electron chi connectivity index (χ3n) is 13.3. The second-order valence-electron chi connectivity index (χ2n) is 19.0. The Bertz CT molecular complexity index is 3460. The van der Waals surface area contributed by atoms with Crippen LogP contribution in [-0.2, 0) is 16.2 Å². The molecular formula is C55H52N4O4. The van der Waals surface area contributed by atoms with Crippen LogP contribution in [0.4, 0.5) is 22.7 Å². The molecule has 0 saturated heterocycles. The molecule has 0 radical (unpaired) electrons. The molecular weight excluding hydrogens is 781 g/mol. The monoisotopic (exact) mass is 832 g/mol. The number of fused-ring (bicyclic) bond motifs is 6. The molecule has 1 atom stereocenters. The molecule has 10 rings (SSSR count). The predicted molar refractivity (Wildman–Crippen MR) is 248 cm³/mol. The number of para-hydroxylation sites is 4. The SMILES string of the molecule is Cc1ccccc1N=c1oc2cc3c(cc2oc1=Nc1ccccc1C)[C@]1(CC3(C)C)CC(C)(C)c2cc3oc(=Nc4c(C)cccc4C)c(=Nc4c(C)cccc4C)oc3cc21. The molecule has 2 aliphatic carbocycles. The lowest BCUT2D eigenvalue weighted by Crippen LogP contribution is -2.27. The Labute approximate surface area is 366 Å². The standard InChI is InChI=1S/C55H52N4O4/c1-31-17-11-13-23-41(31)56-49-50(57-42-24-14-12-18-32(42)2)61-45-27-39-37(25-43(45)60-49)53(7,8)29-55(39)30-54(9,10)38-26-44-46(28-40(38)55)63-52(59-48-35(5)21-16-22-36(48)6)51(62-44)58-47-33(3)19-15-20-34(47)4/h11-28H,29-30H2,1-10H3/t55-/m0/s1. The van der Waals surface area contributed by atoms with Crippen molar-refractivity contribution in [2.45, 2.75) is 98.3 Å². The highest BCUT2D eigenvalue weighted by Gasteiger charge is 2.56. The van der Waals surface area contributed by atoms with Gasteiger partial charge in [-0.1, -0.05) is 100 Å². The van der Waals surface area contributed by atoms with Crippen LogP contribution in [0.25, 0.3) is 22.3 Å². The van der Waals surface area contributed by atoms with Crippen molar-refractivity contribution in [2.24, 2.45) is 20.0 Å². The van der Waals surface area contributed by atoms with Gasteiger partial charge in [-0.3, -0.25) is 0 Å². The van der Waals surface area contributed by atoms with Crippen molar-refractivity contribution in [1.82, 2.24) is 0 Å². The third-order valence-corrected chi connectivity index (χ3v) is 13.3. The molecule has 0 aliphatic heterocycles. The maximum atomic E-state index is 6.91. The van der Waals surface area contributed by atoms with Crippen molar-refractivity contribution in [3.8, 4) is 0 Å². The van der Waals surface area contributed by atoms with Crippen LogP contribution in [0.2, 0.25) is 0 Å². The summed E-state index contributed by atoms with van der Waals surface area (Å²) in [5.74, 6) is 0. The Kier molecular flexibility index (Phi) is 9.37. The molecule has 316 valence electrons. The van der Waals surface area contributed by atoms with Crippen LogP contribution in [0.5, 0.6) is 0 Å². The summed E-state index contributed by atoms with van der Waals surface area (Å²) in [5, 5.41) is 0. The number of aryl methyl sites for hydroxylation is 6. The topological polar surface area (TPSA) is 102 Å². The van der Waals surface area contributed by atoms with E-state index >= 15 is 0 Å². The minimum absolute atomic E-state index is 0.207. The fourth-order valence-electron chi connectivity index (χ4n) is 10.3. The molecule has 2 aromatic heterocycles. The number of rotatable bonds is 4. The molecule has 8 aromatic rings. The first-order valence-electron chi connectivity index (χ1n) is 21.8. The van der Waals surface area contributed by atoms with Crippen LogP contribution in [0.15, 0.2) is 147 Å². The molecule has 0 fully saturated rings. The summed E-state index contributed by atoms with van der Waals surface area (Å²) in [6.45, 7) is 21.7. The quantitative estimate of drug-likeness (QED) is 0.176. The van der Waals surface area contributed by atoms with Crippen LogP contribution in [0.3, 0.4) is 0 Å². The Hall–Kier alpha value is -6.80. The van der Waals surface area contributed by atoms with Gasteiger partial charge in [0.15, 0.2) is 22.3 Å². The third kappa shape index (κ3) is 6.83. The fourth-order valence-corrected chi connectivity index (χ4v) is 10.3. The van der Waals surface area contributed by atoms with Crippen LogP contribution in [0, 0.1) is 41.5 Å². The molecule has 2 heterocycles. The van der Waals surface area contributed by atoms with Crippen molar-refractivity contribution >= 4 is 45.1 Å². The van der Waals surface area contributed by atoms with Crippen molar-refractivity contribution in [1.29, 1.82) is 0 Å². The molecule has 63 heavy (non-hydrogen) atoms. The molecule has 0 amide bonds. The van der Waals surface area contributed by atoms with Gasteiger partial charge in [-0.25, -0.2) is 20.0 Å². The summed E-state index contributed by atoms with van der Waals surface area (Å²) in [7, 11) is 0. The average Bonchev–Trinajstić information content (AvgIpc) is 3.59. The highest BCUT2D eigenvalue weighted by Crippen LogP contribution is 2.63. The van der Waals surface area contributed by atoms with Crippen molar-refractivity contribution in [3.63, 3.8) is 0 Å². The summed E-state index contributed by atoms with van der Waals surface area (Å²) in [5.41, 5.74) is 17.3. The van der Waals surface area contributed by atoms with Crippen LogP contribution in [-0.4, -0.2) is 0 Å². The van der Waals surface area contributed by atoms with Gasteiger partial charge in [-0.15, -0.1) is 0 Å². The lowest BCUT2D eigenvalue weighted by molar-refractivity contribution is 0.349. The first kappa shape index (κ1) is 40.3. The maximum absolute atomic E-state index is 6.91. The van der Waals surface area contributed by atoms with E-state index in [1.54, 1.807) is 0 Å². The number of nitrogens with zero attached hydrogens (tertiary/aromatic N) is 4. The van der Waals surface area contributed by atoms with Gasteiger partial charge in [0.25, 0.3) is 22.2 Å². The summed E-state index contributed by atoms with van der Waals surface area (Å²) in [6.07, 6.45) is 1.76. The molecule has 6 aromatic carbocycles. The fraction of sp³-hybridized carbons (Fsp3) is 0.273. The Morgan fingerprint density at radius 1 is 0.365 bits per heavy atom. The molecule has 8 heteroatoms. The zero-order valence-corrected chi connectivity index (χ0v) is 37.7. The van der Waals surface area contributed by atoms with E-state index in [0.29, 0.717) is 44.5 Å². The second kappa shape index (κ2) is 14.7. The van der Waals surface area contributed by atoms with Crippen molar-refractivity contribution in [2.75, 3.05) is 0 Å². The molecule has 8 nitrogen and oxygen atoms in total. The Balaban J connectivity index is 1.23. The van der Waals surface area contributed by atoms with E-state index in [4.69, 9.17) is 37.6 Å². The van der Waals surface area contributed by atoms with Crippen molar-refractivity contribution < 1.29 is 17.7 Å². The van der Waals surface area contributed by atoms with Crippen molar-refractivity contribution in [3.05, 3.63) is 187 Å². The molecule has 2 aliphatic rings. The van der Waals surface area contributed by atoms with Crippen LogP contribution in [0.1, 0.15) is 96.2 Å². The van der Waals surface area contributed by atoms with Gasteiger partial charge in [0, 0.05) is 5.41 Å². The predicted octanol–water partition coefficient (Wildman–Crippen LogP) is 12.8. The zero-order valence-electron chi connectivity index (χ0n) is 37.7. The van der Waals surface area contributed by atoms with Gasteiger partial charge < -0.3 is 17.7 Å². The van der Waals surface area contributed by atoms with E-state index < -0.39 is 0 Å². The highest BCUT2D eigenvalue weighted by atomic mass is 16.4. The lowest BCUT2D eigenvalue weighted by Gasteiger charge is -2.30. The van der Waals surface area contributed by atoms with Crippen LogP contribution >= 0.6 is 0 Å². The lowest BCUT2D eigenvalue weighted by atomic mass is 9.72. The van der Waals surface area contributed by atoms with Gasteiger partial charge in [0.05, 0.1) is 22.7 Å². The summed E-state index contributed by atoms with van der Waals surface area (Å²) >= 11 is 0. The second-order valence-corrected chi connectivity index (χ2v) is 19.0. The normalized spacial score (nSPS) is 18.6. The minimum Gasteiger partial charge on any atom is -0.431 e. The Morgan fingerprint density at radius 2 is 0.667 bits per heavy atom. The molecule has 0 saturated carbocycles. The smallest absolute Gasteiger partial charge is 0.284 e. The molecule has 0 unspecified atom stereocenters. The van der Waals surface area contributed by atoms with E-state index in [-0.39, 0.29) is 16.2 Å². The number of hydrogen-bond acceptors (Lipinski definition) is 8. The molecule has 0 N–H and O–H groups in total. The van der Waals surface area contributed by atoms with Crippen LogP contribution < -0.4 is 22.2 Å². The van der Waals surface area contributed by atoms with E-state index in [1.807, 2.05) is 74.5 Å². The first-order valence-corrected chi connectivity index (χ1v) is 21.8. The molecule has 1 spiro atoms. The van der Waals surface area contributed by atoms with Gasteiger partial charge in [-0.05, 0) is 157 Å². The highest BCUT2D eigenvalue weighted by molar-refractivity contribution is 5.79. The van der Waals surface area contributed by atoms with Gasteiger partial charge in [-0.2, -0.15) is 0 Å². The average molecular weight is 833 g/mol. The first-order chi connectivity index (χ1) is 30.1. The minimum atomic E-state index is -0.367.